The van der Waals surface area contributed by atoms with E-state index in [9.17, 15) is 4.79 Å². The molecular formula is C17H27NO3. The highest BCUT2D eigenvalue weighted by molar-refractivity contribution is 5.94. The average molecular weight is 293 g/mol. The van der Waals surface area contributed by atoms with Crippen LogP contribution in [-0.4, -0.2) is 20.1 Å². The molecule has 0 saturated carbocycles. The number of aryl methyl sites for hydroxylation is 1. The van der Waals surface area contributed by atoms with Gasteiger partial charge in [-0.25, -0.2) is 0 Å². The zero-order valence-corrected chi connectivity index (χ0v) is 14.1. The number of anilines is 1. The Hall–Kier alpha value is -1.71. The fourth-order valence-corrected chi connectivity index (χ4v) is 2.74. The lowest BCUT2D eigenvalue weighted by Crippen LogP contribution is -2.31. The highest BCUT2D eigenvalue weighted by atomic mass is 16.5. The van der Waals surface area contributed by atoms with Crippen LogP contribution in [0.15, 0.2) is 12.1 Å². The zero-order valence-electron chi connectivity index (χ0n) is 14.1. The number of carbonyl (C=O) groups is 1. The Bertz CT molecular complexity index is 487. The first-order valence-electron chi connectivity index (χ1n) is 7.35. The van der Waals surface area contributed by atoms with Gasteiger partial charge >= 0.3 is 0 Å². The first-order chi connectivity index (χ1) is 9.81. The minimum Gasteiger partial charge on any atom is -0.496 e. The number of carbonyl (C=O) groups excluding carboxylic acids is 1. The van der Waals surface area contributed by atoms with Gasteiger partial charge in [0.2, 0.25) is 5.91 Å². The Morgan fingerprint density at radius 2 is 1.52 bits per heavy atom. The van der Waals surface area contributed by atoms with Crippen LogP contribution in [0.4, 0.5) is 5.69 Å². The molecule has 0 bridgehead atoms. The molecule has 0 atom stereocenters. The summed E-state index contributed by atoms with van der Waals surface area (Å²) in [6.45, 7) is 10.2. The van der Waals surface area contributed by atoms with Crippen molar-refractivity contribution in [1.29, 1.82) is 0 Å². The third-order valence-electron chi connectivity index (χ3n) is 3.71. The van der Waals surface area contributed by atoms with E-state index < -0.39 is 0 Å². The standard InChI is InChI=1S/C17H27NO3/c1-10(2)16(11(3)4)17(19)18-13-9-14(20-6)12(5)8-15(13)21-7/h8-11,16H,1-7H3,(H,18,19). The van der Waals surface area contributed by atoms with Crippen molar-refractivity contribution in [2.45, 2.75) is 34.6 Å². The van der Waals surface area contributed by atoms with Gasteiger partial charge < -0.3 is 14.8 Å². The average Bonchev–Trinajstić information content (AvgIpc) is 2.39. The van der Waals surface area contributed by atoms with Gasteiger partial charge in [-0.3, -0.25) is 4.79 Å². The van der Waals surface area contributed by atoms with E-state index in [0.717, 1.165) is 11.3 Å². The molecule has 0 aromatic heterocycles. The SMILES string of the molecule is COc1cc(NC(=O)C(C(C)C)C(C)C)c(OC)cc1C. The van der Waals surface area contributed by atoms with Gasteiger partial charge in [-0.05, 0) is 30.4 Å². The van der Waals surface area contributed by atoms with Crippen molar-refractivity contribution < 1.29 is 14.3 Å². The molecule has 0 heterocycles. The molecule has 0 spiro atoms. The van der Waals surface area contributed by atoms with Crippen LogP contribution in [-0.2, 0) is 4.79 Å². The topological polar surface area (TPSA) is 47.6 Å². The Kier molecular flexibility index (Phi) is 6.06. The van der Waals surface area contributed by atoms with Crippen LogP contribution in [0.25, 0.3) is 0 Å². The summed E-state index contributed by atoms with van der Waals surface area (Å²) in [7, 11) is 3.21. The van der Waals surface area contributed by atoms with Crippen molar-refractivity contribution >= 4 is 11.6 Å². The van der Waals surface area contributed by atoms with Gasteiger partial charge in [-0.1, -0.05) is 27.7 Å². The number of nitrogens with one attached hydrogen (secondary N) is 1. The summed E-state index contributed by atoms with van der Waals surface area (Å²) in [5.74, 6) is 1.92. The fraction of sp³-hybridized carbons (Fsp3) is 0.588. The normalized spacial score (nSPS) is 11.1. The summed E-state index contributed by atoms with van der Waals surface area (Å²) in [4.78, 5) is 12.5. The maximum atomic E-state index is 12.5. The molecule has 0 aliphatic heterocycles. The van der Waals surface area contributed by atoms with Crippen molar-refractivity contribution in [3.05, 3.63) is 17.7 Å². The number of hydrogen-bond acceptors (Lipinski definition) is 3. The first-order valence-corrected chi connectivity index (χ1v) is 7.35. The third kappa shape index (κ3) is 4.13. The highest BCUT2D eigenvalue weighted by Crippen LogP contribution is 2.33. The van der Waals surface area contributed by atoms with E-state index >= 15 is 0 Å². The summed E-state index contributed by atoms with van der Waals surface area (Å²) in [6, 6.07) is 3.68. The summed E-state index contributed by atoms with van der Waals surface area (Å²) < 4.78 is 10.7. The van der Waals surface area contributed by atoms with Crippen molar-refractivity contribution in [2.24, 2.45) is 17.8 Å². The third-order valence-corrected chi connectivity index (χ3v) is 3.71. The van der Waals surface area contributed by atoms with Gasteiger partial charge in [-0.2, -0.15) is 0 Å². The second kappa shape index (κ2) is 7.34. The molecule has 118 valence electrons. The molecule has 0 radical (unpaired) electrons. The molecule has 21 heavy (non-hydrogen) atoms. The van der Waals surface area contributed by atoms with Gasteiger partial charge in [0, 0.05) is 12.0 Å². The molecule has 0 fully saturated rings. The van der Waals surface area contributed by atoms with E-state index in [0.29, 0.717) is 11.4 Å². The monoisotopic (exact) mass is 293 g/mol. The molecule has 4 heteroatoms. The largest absolute Gasteiger partial charge is 0.496 e. The van der Waals surface area contributed by atoms with Gasteiger partial charge in [0.25, 0.3) is 0 Å². The quantitative estimate of drug-likeness (QED) is 0.866. The zero-order chi connectivity index (χ0) is 16.2. The van der Waals surface area contributed by atoms with E-state index in [1.807, 2.05) is 19.1 Å². The Morgan fingerprint density at radius 3 is 1.95 bits per heavy atom. The molecule has 1 amide bonds. The molecule has 1 rings (SSSR count). The molecule has 0 unspecified atom stereocenters. The van der Waals surface area contributed by atoms with Crippen molar-refractivity contribution in [3.63, 3.8) is 0 Å². The van der Waals surface area contributed by atoms with Crippen LogP contribution >= 0.6 is 0 Å². The van der Waals surface area contributed by atoms with Crippen LogP contribution < -0.4 is 14.8 Å². The van der Waals surface area contributed by atoms with Crippen LogP contribution in [0, 0.1) is 24.7 Å². The van der Waals surface area contributed by atoms with Gasteiger partial charge in [-0.15, -0.1) is 0 Å². The first kappa shape index (κ1) is 17.3. The fourth-order valence-electron chi connectivity index (χ4n) is 2.74. The van der Waals surface area contributed by atoms with Gasteiger partial charge in [0.1, 0.15) is 11.5 Å². The van der Waals surface area contributed by atoms with Crippen LogP contribution in [0.2, 0.25) is 0 Å². The summed E-state index contributed by atoms with van der Waals surface area (Å²) in [5.41, 5.74) is 1.62. The minimum absolute atomic E-state index is 0.0178. The maximum absolute atomic E-state index is 12.5. The minimum atomic E-state index is -0.0398. The molecule has 1 N–H and O–H groups in total. The highest BCUT2D eigenvalue weighted by Gasteiger charge is 2.26. The summed E-state index contributed by atoms with van der Waals surface area (Å²) >= 11 is 0. The molecular weight excluding hydrogens is 266 g/mol. The van der Waals surface area contributed by atoms with Crippen molar-refractivity contribution in [3.8, 4) is 11.5 Å². The number of ether oxygens (including phenoxy) is 2. The smallest absolute Gasteiger partial charge is 0.228 e. The Labute approximate surface area is 127 Å². The Balaban J connectivity index is 3.08. The molecule has 0 aliphatic carbocycles. The second-order valence-electron chi connectivity index (χ2n) is 6.03. The molecule has 1 aromatic carbocycles. The van der Waals surface area contributed by atoms with E-state index in [2.05, 4.69) is 33.0 Å². The number of methoxy groups -OCH3 is 2. The van der Waals surface area contributed by atoms with E-state index in [-0.39, 0.29) is 23.7 Å². The van der Waals surface area contributed by atoms with E-state index in [4.69, 9.17) is 9.47 Å². The predicted molar refractivity (Wildman–Crippen MR) is 86.1 cm³/mol. The number of rotatable bonds is 6. The van der Waals surface area contributed by atoms with Crippen LogP contribution in [0.3, 0.4) is 0 Å². The number of amides is 1. The predicted octanol–water partition coefficient (Wildman–Crippen LogP) is 3.88. The molecule has 4 nitrogen and oxygen atoms in total. The lowest BCUT2D eigenvalue weighted by atomic mass is 9.85. The van der Waals surface area contributed by atoms with Gasteiger partial charge in [0.05, 0.1) is 19.9 Å². The van der Waals surface area contributed by atoms with Crippen LogP contribution in [0.1, 0.15) is 33.3 Å². The molecule has 1 aromatic rings. The summed E-state index contributed by atoms with van der Waals surface area (Å²) in [6.07, 6.45) is 0. The lowest BCUT2D eigenvalue weighted by Gasteiger charge is -2.24. The maximum Gasteiger partial charge on any atom is 0.228 e. The molecule has 0 saturated heterocycles. The number of hydrogen-bond donors (Lipinski definition) is 1. The van der Waals surface area contributed by atoms with E-state index in [1.165, 1.54) is 0 Å². The van der Waals surface area contributed by atoms with Gasteiger partial charge in [0.15, 0.2) is 0 Å². The lowest BCUT2D eigenvalue weighted by molar-refractivity contribution is -0.122. The van der Waals surface area contributed by atoms with Crippen molar-refractivity contribution in [1.82, 2.24) is 0 Å². The summed E-state index contributed by atoms with van der Waals surface area (Å²) in [5, 5.41) is 2.98. The number of benzene rings is 1. The second-order valence-corrected chi connectivity index (χ2v) is 6.03. The van der Waals surface area contributed by atoms with Crippen molar-refractivity contribution in [2.75, 3.05) is 19.5 Å². The van der Waals surface area contributed by atoms with Crippen LogP contribution in [0.5, 0.6) is 11.5 Å². The molecule has 0 aliphatic rings. The van der Waals surface area contributed by atoms with E-state index in [1.54, 1.807) is 14.2 Å². The Morgan fingerprint density at radius 1 is 1.00 bits per heavy atom.